The van der Waals surface area contributed by atoms with E-state index in [2.05, 4.69) is 10.6 Å². The van der Waals surface area contributed by atoms with Crippen LogP contribution in [0.2, 0.25) is 0 Å². The molecular formula is C33H41N3O5. The first kappa shape index (κ1) is 30.1. The van der Waals surface area contributed by atoms with E-state index in [0.29, 0.717) is 49.5 Å². The number of hydrogen-bond acceptors (Lipinski definition) is 6. The van der Waals surface area contributed by atoms with Crippen LogP contribution in [0.5, 0.6) is 11.5 Å². The van der Waals surface area contributed by atoms with Gasteiger partial charge in [0.2, 0.25) is 5.91 Å². The maximum atomic E-state index is 13.6. The van der Waals surface area contributed by atoms with Gasteiger partial charge in [0.05, 0.1) is 24.9 Å². The first-order valence-corrected chi connectivity index (χ1v) is 14.4. The predicted molar refractivity (Wildman–Crippen MR) is 161 cm³/mol. The largest absolute Gasteiger partial charge is 0.494 e. The Hall–Kier alpha value is -3.88. The second-order valence-corrected chi connectivity index (χ2v) is 10.6. The van der Waals surface area contributed by atoms with Crippen LogP contribution in [0.15, 0.2) is 72.8 Å². The van der Waals surface area contributed by atoms with Gasteiger partial charge in [-0.15, -0.1) is 0 Å². The number of aliphatic hydroxyl groups is 1. The SMILES string of the molecule is CCOc1cccc(CNCC(O)C(Cc2ccccc2)NC(=O)c2cc(OC(C)C)cc(N3CCCC3=O)c2)c1. The summed E-state index contributed by atoms with van der Waals surface area (Å²) in [6.45, 7) is 7.81. The number of ether oxygens (including phenoxy) is 2. The van der Waals surface area contributed by atoms with E-state index >= 15 is 0 Å². The molecule has 3 aromatic carbocycles. The average molecular weight is 560 g/mol. The molecule has 1 fully saturated rings. The maximum absolute atomic E-state index is 13.6. The van der Waals surface area contributed by atoms with Crippen molar-refractivity contribution in [2.75, 3.05) is 24.6 Å². The van der Waals surface area contributed by atoms with Crippen molar-refractivity contribution in [2.24, 2.45) is 0 Å². The minimum Gasteiger partial charge on any atom is -0.494 e. The minimum atomic E-state index is -0.857. The molecule has 2 amide bonds. The molecule has 1 saturated heterocycles. The number of nitrogens with zero attached hydrogens (tertiary/aromatic N) is 1. The molecule has 2 atom stereocenters. The van der Waals surface area contributed by atoms with E-state index in [1.54, 1.807) is 23.1 Å². The van der Waals surface area contributed by atoms with Gasteiger partial charge in [0.1, 0.15) is 11.5 Å². The zero-order chi connectivity index (χ0) is 29.2. The first-order chi connectivity index (χ1) is 19.8. The third-order valence-electron chi connectivity index (χ3n) is 6.88. The van der Waals surface area contributed by atoms with E-state index in [4.69, 9.17) is 9.47 Å². The minimum absolute atomic E-state index is 0.0355. The topological polar surface area (TPSA) is 100 Å². The van der Waals surface area contributed by atoms with Gasteiger partial charge in [-0.05, 0) is 69.0 Å². The van der Waals surface area contributed by atoms with Crippen molar-refractivity contribution < 1.29 is 24.2 Å². The van der Waals surface area contributed by atoms with E-state index in [0.717, 1.165) is 23.3 Å². The quantitative estimate of drug-likeness (QED) is 0.269. The standard InChI is InChI=1S/C33H41N3O5/c1-4-40-28-13-8-12-25(16-28)21-34-22-31(37)30(17-24-10-6-5-7-11-24)35-33(39)26-18-27(36-15-9-14-32(36)38)20-29(19-26)41-23(2)3/h5-8,10-13,16,18-20,23,30-31,34,37H,4,9,14-15,17,21-22H2,1-3H3,(H,35,39). The van der Waals surface area contributed by atoms with Crippen molar-refractivity contribution >= 4 is 17.5 Å². The van der Waals surface area contributed by atoms with Gasteiger partial charge in [-0.1, -0.05) is 42.5 Å². The van der Waals surface area contributed by atoms with Crippen LogP contribution in [0.1, 0.15) is 55.1 Å². The number of rotatable bonds is 14. The smallest absolute Gasteiger partial charge is 0.251 e. The Morgan fingerprint density at radius 3 is 2.49 bits per heavy atom. The molecule has 4 rings (SSSR count). The molecule has 3 N–H and O–H groups in total. The number of nitrogens with one attached hydrogen (secondary N) is 2. The van der Waals surface area contributed by atoms with Gasteiger partial charge in [0.15, 0.2) is 0 Å². The van der Waals surface area contributed by atoms with Gasteiger partial charge in [-0.25, -0.2) is 0 Å². The van der Waals surface area contributed by atoms with Crippen LogP contribution in [0.25, 0.3) is 0 Å². The van der Waals surface area contributed by atoms with Crippen molar-refractivity contribution in [1.29, 1.82) is 0 Å². The lowest BCUT2D eigenvalue weighted by Gasteiger charge is -2.26. The van der Waals surface area contributed by atoms with Crippen LogP contribution in [-0.2, 0) is 17.8 Å². The van der Waals surface area contributed by atoms with Crippen molar-refractivity contribution in [3.05, 3.63) is 89.5 Å². The summed E-state index contributed by atoms with van der Waals surface area (Å²) >= 11 is 0. The number of amides is 2. The number of aliphatic hydroxyl groups excluding tert-OH is 1. The molecule has 1 heterocycles. The van der Waals surface area contributed by atoms with Crippen LogP contribution in [-0.4, -0.2) is 54.9 Å². The zero-order valence-electron chi connectivity index (χ0n) is 24.1. The molecule has 8 nitrogen and oxygen atoms in total. The van der Waals surface area contributed by atoms with Gasteiger partial charge in [0, 0.05) is 43.4 Å². The molecular weight excluding hydrogens is 518 g/mol. The highest BCUT2D eigenvalue weighted by molar-refractivity contribution is 5.99. The molecule has 0 aliphatic carbocycles. The highest BCUT2D eigenvalue weighted by atomic mass is 16.5. The summed E-state index contributed by atoms with van der Waals surface area (Å²) in [4.78, 5) is 27.8. The number of hydrogen-bond donors (Lipinski definition) is 3. The Labute approximate surface area is 242 Å². The number of carbonyl (C=O) groups excluding carboxylic acids is 2. The normalized spacial score (nSPS) is 14.7. The van der Waals surface area contributed by atoms with Crippen LogP contribution >= 0.6 is 0 Å². The van der Waals surface area contributed by atoms with Crippen LogP contribution in [0.4, 0.5) is 5.69 Å². The van der Waals surface area contributed by atoms with E-state index in [1.807, 2.05) is 75.4 Å². The molecule has 0 spiro atoms. The van der Waals surface area contributed by atoms with Crippen LogP contribution in [0.3, 0.4) is 0 Å². The van der Waals surface area contributed by atoms with Gasteiger partial charge in [0.25, 0.3) is 5.91 Å². The Morgan fingerprint density at radius 2 is 1.78 bits per heavy atom. The molecule has 1 aliphatic rings. The van der Waals surface area contributed by atoms with E-state index in [-0.39, 0.29) is 24.5 Å². The number of carbonyl (C=O) groups is 2. The van der Waals surface area contributed by atoms with Gasteiger partial charge >= 0.3 is 0 Å². The molecule has 0 aromatic heterocycles. The fourth-order valence-corrected chi connectivity index (χ4v) is 4.95. The third kappa shape index (κ3) is 8.80. The van der Waals surface area contributed by atoms with Crippen molar-refractivity contribution in [1.82, 2.24) is 10.6 Å². The lowest BCUT2D eigenvalue weighted by Crippen LogP contribution is -2.48. The summed E-state index contributed by atoms with van der Waals surface area (Å²) in [5.41, 5.74) is 3.06. The molecule has 41 heavy (non-hydrogen) atoms. The summed E-state index contributed by atoms with van der Waals surface area (Å²) in [5.74, 6) is 1.03. The van der Waals surface area contributed by atoms with Crippen molar-refractivity contribution in [2.45, 2.75) is 64.8 Å². The second kappa shape index (κ2) is 14.7. The predicted octanol–water partition coefficient (Wildman–Crippen LogP) is 4.49. The second-order valence-electron chi connectivity index (χ2n) is 10.6. The van der Waals surface area contributed by atoms with E-state index < -0.39 is 12.1 Å². The molecule has 218 valence electrons. The average Bonchev–Trinajstić information content (AvgIpc) is 3.39. The molecule has 3 aromatic rings. The van der Waals surface area contributed by atoms with Crippen molar-refractivity contribution in [3.63, 3.8) is 0 Å². The number of anilines is 1. The Kier molecular flexibility index (Phi) is 10.8. The van der Waals surface area contributed by atoms with Gasteiger partial charge in [-0.3, -0.25) is 9.59 Å². The van der Waals surface area contributed by atoms with Crippen LogP contribution < -0.4 is 25.0 Å². The molecule has 0 saturated carbocycles. The third-order valence-corrected chi connectivity index (χ3v) is 6.88. The van der Waals surface area contributed by atoms with Crippen molar-refractivity contribution in [3.8, 4) is 11.5 Å². The van der Waals surface area contributed by atoms with E-state index in [1.165, 1.54) is 0 Å². The highest BCUT2D eigenvalue weighted by Crippen LogP contribution is 2.28. The molecule has 0 radical (unpaired) electrons. The van der Waals surface area contributed by atoms with Gasteiger partial charge in [-0.2, -0.15) is 0 Å². The Bertz CT molecular complexity index is 1300. The fourth-order valence-electron chi connectivity index (χ4n) is 4.95. The lowest BCUT2D eigenvalue weighted by molar-refractivity contribution is -0.117. The van der Waals surface area contributed by atoms with Gasteiger partial charge < -0.3 is 30.1 Å². The molecule has 2 unspecified atom stereocenters. The summed E-state index contributed by atoms with van der Waals surface area (Å²) < 4.78 is 11.5. The Morgan fingerprint density at radius 1 is 1.00 bits per heavy atom. The first-order valence-electron chi connectivity index (χ1n) is 14.4. The summed E-state index contributed by atoms with van der Waals surface area (Å²) in [5, 5.41) is 17.6. The van der Waals surface area contributed by atoms with E-state index in [9.17, 15) is 14.7 Å². The Balaban J connectivity index is 1.50. The lowest BCUT2D eigenvalue weighted by atomic mass is 10.00. The fraction of sp³-hybridized carbons (Fsp3) is 0.394. The maximum Gasteiger partial charge on any atom is 0.251 e. The zero-order valence-corrected chi connectivity index (χ0v) is 24.1. The monoisotopic (exact) mass is 559 g/mol. The highest BCUT2D eigenvalue weighted by Gasteiger charge is 2.26. The molecule has 0 bridgehead atoms. The summed E-state index contributed by atoms with van der Waals surface area (Å²) in [6.07, 6.45) is 0.775. The summed E-state index contributed by atoms with van der Waals surface area (Å²) in [7, 11) is 0. The summed E-state index contributed by atoms with van der Waals surface area (Å²) in [6, 6.07) is 22.3. The van der Waals surface area contributed by atoms with Crippen LogP contribution in [0, 0.1) is 0 Å². The molecule has 8 heteroatoms. The number of benzene rings is 3. The molecule has 1 aliphatic heterocycles.